The number of aromatic hydroxyl groups is 1. The fraction of sp³-hybridized carbons (Fsp3) is 0.250. The molecule has 0 heterocycles. The summed E-state index contributed by atoms with van der Waals surface area (Å²) in [4.78, 5) is 0. The molecule has 0 saturated heterocycles. The Morgan fingerprint density at radius 3 is 1.62 bits per heavy atom. The molecule has 1 rings (SSSR count). The van der Waals surface area contributed by atoms with Crippen molar-refractivity contribution in [2.24, 2.45) is 0 Å². The largest absolute Gasteiger partial charge is 0.503 e. The third-order valence-electron chi connectivity index (χ3n) is 1.68. The van der Waals surface area contributed by atoms with Crippen molar-refractivity contribution in [3.8, 4) is 5.75 Å². The van der Waals surface area contributed by atoms with E-state index in [1.54, 1.807) is 0 Å². The van der Waals surface area contributed by atoms with Gasteiger partial charge in [-0.15, -0.1) is 0 Å². The van der Waals surface area contributed by atoms with Gasteiger partial charge < -0.3 is 5.11 Å². The second-order valence-corrected chi connectivity index (χ2v) is 2.44. The molecule has 0 amide bonds. The second kappa shape index (κ2) is 3.24. The highest BCUT2D eigenvalue weighted by Crippen LogP contribution is 2.28. The highest BCUT2D eigenvalue weighted by atomic mass is 19.2. The molecule has 1 N–H and O–H groups in total. The topological polar surface area (TPSA) is 20.2 Å². The van der Waals surface area contributed by atoms with Crippen LogP contribution in [0.25, 0.3) is 0 Å². The van der Waals surface area contributed by atoms with Gasteiger partial charge in [-0.3, -0.25) is 0 Å². The van der Waals surface area contributed by atoms with E-state index in [1.807, 2.05) is 0 Å². The normalized spacial score (nSPS) is 10.5. The van der Waals surface area contributed by atoms with Crippen LogP contribution in [0.2, 0.25) is 0 Å². The maximum absolute atomic E-state index is 12.8. The van der Waals surface area contributed by atoms with Gasteiger partial charge in [-0.25, -0.2) is 8.78 Å². The fourth-order valence-electron chi connectivity index (χ4n) is 0.976. The molecule has 0 atom stereocenters. The Bertz CT molecular complexity index is 319. The van der Waals surface area contributed by atoms with Gasteiger partial charge in [-0.1, -0.05) is 6.92 Å². The first-order chi connectivity index (χ1) is 6.00. The summed E-state index contributed by atoms with van der Waals surface area (Å²) in [5.41, 5.74) is -0.701. The molecule has 72 valence electrons. The van der Waals surface area contributed by atoms with E-state index in [0.717, 1.165) is 0 Å². The van der Waals surface area contributed by atoms with Gasteiger partial charge in [0.25, 0.3) is 0 Å². The number of hydrogen-bond acceptors (Lipinski definition) is 1. The van der Waals surface area contributed by atoms with Crippen molar-refractivity contribution in [2.45, 2.75) is 13.3 Å². The Morgan fingerprint density at radius 1 is 0.923 bits per heavy atom. The van der Waals surface area contributed by atoms with Crippen molar-refractivity contribution in [3.63, 3.8) is 0 Å². The van der Waals surface area contributed by atoms with Crippen molar-refractivity contribution >= 4 is 0 Å². The van der Waals surface area contributed by atoms with Gasteiger partial charge in [0.2, 0.25) is 11.6 Å². The fourth-order valence-corrected chi connectivity index (χ4v) is 0.976. The van der Waals surface area contributed by atoms with Crippen LogP contribution in [-0.4, -0.2) is 5.11 Å². The summed E-state index contributed by atoms with van der Waals surface area (Å²) in [5.74, 6) is -8.21. The van der Waals surface area contributed by atoms with E-state index in [-0.39, 0.29) is 6.42 Å². The smallest absolute Gasteiger partial charge is 0.203 e. The number of phenols is 1. The van der Waals surface area contributed by atoms with Crippen LogP contribution in [-0.2, 0) is 6.42 Å². The van der Waals surface area contributed by atoms with Crippen LogP contribution >= 0.6 is 0 Å². The zero-order valence-electron chi connectivity index (χ0n) is 6.67. The quantitative estimate of drug-likeness (QED) is 0.538. The number of phenolic OH excluding ortho intramolecular Hbond substituents is 1. The Morgan fingerprint density at radius 2 is 1.31 bits per heavy atom. The first kappa shape index (κ1) is 9.83. The third kappa shape index (κ3) is 1.34. The maximum atomic E-state index is 12.8. The average molecular weight is 194 g/mol. The zero-order valence-corrected chi connectivity index (χ0v) is 6.67. The second-order valence-electron chi connectivity index (χ2n) is 2.44. The molecule has 0 aliphatic rings. The van der Waals surface area contributed by atoms with Crippen molar-refractivity contribution in [1.82, 2.24) is 0 Å². The van der Waals surface area contributed by atoms with Crippen LogP contribution < -0.4 is 0 Å². The Labute approximate surface area is 71.6 Å². The minimum atomic E-state index is -1.75. The van der Waals surface area contributed by atoms with Crippen molar-refractivity contribution < 1.29 is 22.7 Å². The van der Waals surface area contributed by atoms with Crippen LogP contribution in [0.1, 0.15) is 12.5 Å². The van der Waals surface area contributed by atoms with Gasteiger partial charge in [-0.05, 0) is 6.42 Å². The predicted octanol–water partition coefficient (Wildman–Crippen LogP) is 2.51. The molecule has 0 saturated carbocycles. The van der Waals surface area contributed by atoms with E-state index in [4.69, 9.17) is 5.11 Å². The first-order valence-electron chi connectivity index (χ1n) is 3.54. The van der Waals surface area contributed by atoms with Gasteiger partial charge >= 0.3 is 0 Å². The lowest BCUT2D eigenvalue weighted by molar-refractivity contribution is 0.351. The molecule has 0 unspecified atom stereocenters. The molecule has 0 radical (unpaired) electrons. The summed E-state index contributed by atoms with van der Waals surface area (Å²) in [7, 11) is 0. The summed E-state index contributed by atoms with van der Waals surface area (Å²) in [6.07, 6.45) is -0.189. The predicted molar refractivity (Wildman–Crippen MR) is 37.3 cm³/mol. The van der Waals surface area contributed by atoms with E-state index < -0.39 is 34.6 Å². The number of rotatable bonds is 1. The lowest BCUT2D eigenvalue weighted by atomic mass is 10.1. The Kier molecular flexibility index (Phi) is 2.45. The van der Waals surface area contributed by atoms with Gasteiger partial charge in [-0.2, -0.15) is 8.78 Å². The maximum Gasteiger partial charge on any atom is 0.203 e. The van der Waals surface area contributed by atoms with Crippen LogP contribution in [0.15, 0.2) is 0 Å². The molecule has 1 nitrogen and oxygen atoms in total. The highest BCUT2D eigenvalue weighted by molar-refractivity contribution is 5.33. The molecule has 1 aromatic rings. The van der Waals surface area contributed by atoms with Gasteiger partial charge in [0.1, 0.15) is 0 Å². The van der Waals surface area contributed by atoms with Gasteiger partial charge in [0.15, 0.2) is 17.4 Å². The van der Waals surface area contributed by atoms with E-state index in [1.165, 1.54) is 6.92 Å². The molecule has 0 aliphatic heterocycles. The number of benzene rings is 1. The number of halogens is 4. The van der Waals surface area contributed by atoms with Crippen LogP contribution in [0.3, 0.4) is 0 Å². The monoisotopic (exact) mass is 194 g/mol. The van der Waals surface area contributed by atoms with E-state index in [2.05, 4.69) is 0 Å². The molecule has 0 spiro atoms. The molecular formula is C8H6F4O. The van der Waals surface area contributed by atoms with E-state index in [9.17, 15) is 17.6 Å². The molecule has 1 aromatic carbocycles. The summed E-state index contributed by atoms with van der Waals surface area (Å²) < 4.78 is 50.7. The lowest BCUT2D eigenvalue weighted by Gasteiger charge is -2.05. The van der Waals surface area contributed by atoms with Crippen molar-refractivity contribution in [3.05, 3.63) is 28.8 Å². The zero-order chi connectivity index (χ0) is 10.2. The van der Waals surface area contributed by atoms with Crippen molar-refractivity contribution in [1.29, 1.82) is 0 Å². The molecule has 13 heavy (non-hydrogen) atoms. The van der Waals surface area contributed by atoms with E-state index in [0.29, 0.717) is 0 Å². The molecule has 5 heteroatoms. The Balaban J connectivity index is 3.56. The van der Waals surface area contributed by atoms with Crippen LogP contribution in [0, 0.1) is 23.3 Å². The van der Waals surface area contributed by atoms with Crippen LogP contribution in [0.4, 0.5) is 17.6 Å². The molecule has 0 bridgehead atoms. The molecule has 0 aromatic heterocycles. The molecular weight excluding hydrogens is 188 g/mol. The summed E-state index contributed by atoms with van der Waals surface area (Å²) >= 11 is 0. The summed E-state index contributed by atoms with van der Waals surface area (Å²) in [6.45, 7) is 1.34. The number of hydrogen-bond donors (Lipinski definition) is 1. The first-order valence-corrected chi connectivity index (χ1v) is 3.54. The third-order valence-corrected chi connectivity index (χ3v) is 1.68. The molecule has 0 aliphatic carbocycles. The highest BCUT2D eigenvalue weighted by Gasteiger charge is 2.23. The van der Waals surface area contributed by atoms with E-state index >= 15 is 0 Å². The van der Waals surface area contributed by atoms with Crippen LogP contribution in [0.5, 0.6) is 5.75 Å². The minimum Gasteiger partial charge on any atom is -0.503 e. The summed E-state index contributed by atoms with van der Waals surface area (Å²) in [6, 6.07) is 0. The van der Waals surface area contributed by atoms with Gasteiger partial charge in [0, 0.05) is 5.56 Å². The lowest BCUT2D eigenvalue weighted by Crippen LogP contribution is -2.02. The molecule has 0 fully saturated rings. The minimum absolute atomic E-state index is 0.189. The summed E-state index contributed by atoms with van der Waals surface area (Å²) in [5, 5.41) is 8.56. The average Bonchev–Trinajstić information content (AvgIpc) is 2.13. The van der Waals surface area contributed by atoms with Crippen molar-refractivity contribution in [2.75, 3.05) is 0 Å². The standard InChI is InChI=1S/C8H6F4O/c1-2-3-4(9)6(11)8(13)7(12)5(3)10/h13H,2H2,1H3. The van der Waals surface area contributed by atoms with Gasteiger partial charge in [0.05, 0.1) is 0 Å². The Hall–Kier alpha value is -1.26. The SMILES string of the molecule is CCc1c(F)c(F)c(O)c(F)c1F.